The molecular weight excluding hydrogens is 396 g/mol. The van der Waals surface area contributed by atoms with Crippen molar-refractivity contribution in [3.63, 3.8) is 0 Å². The predicted molar refractivity (Wildman–Crippen MR) is 115 cm³/mol. The number of aromatic nitrogens is 4. The number of hydrogen-bond acceptors (Lipinski definition) is 7. The zero-order valence-corrected chi connectivity index (χ0v) is 16.9. The van der Waals surface area contributed by atoms with Crippen molar-refractivity contribution in [3.05, 3.63) is 53.4 Å². The summed E-state index contributed by atoms with van der Waals surface area (Å²) < 4.78 is 1.62. The van der Waals surface area contributed by atoms with Gasteiger partial charge in [0, 0.05) is 11.6 Å². The Bertz CT molecular complexity index is 1180. The van der Waals surface area contributed by atoms with E-state index in [1.54, 1.807) is 16.8 Å². The van der Waals surface area contributed by atoms with Crippen LogP contribution in [0.15, 0.2) is 42.2 Å². The van der Waals surface area contributed by atoms with E-state index in [-0.39, 0.29) is 11.7 Å². The van der Waals surface area contributed by atoms with Gasteiger partial charge in [-0.3, -0.25) is 10.1 Å². The maximum atomic E-state index is 11.9. The molecule has 0 radical (unpaired) electrons. The third-order valence-electron chi connectivity index (χ3n) is 5.24. The van der Waals surface area contributed by atoms with Gasteiger partial charge in [0.25, 0.3) is 5.91 Å². The van der Waals surface area contributed by atoms with Gasteiger partial charge in [-0.25, -0.2) is 4.79 Å². The van der Waals surface area contributed by atoms with Gasteiger partial charge in [-0.15, -0.1) is 0 Å². The molecule has 5 rings (SSSR count). The Morgan fingerprint density at radius 1 is 1.19 bits per heavy atom. The highest BCUT2D eigenvalue weighted by Crippen LogP contribution is 2.27. The smallest absolute Gasteiger partial charge is 0.326 e. The summed E-state index contributed by atoms with van der Waals surface area (Å²) in [5.74, 6) is 0.567. The summed E-state index contributed by atoms with van der Waals surface area (Å²) in [7, 11) is 0. The van der Waals surface area contributed by atoms with Crippen LogP contribution in [0.5, 0.6) is 0 Å². The standard InChI is InChI=1S/C21H22N8O2/c1-2-15(12-6-4-3-5-7-12)24-19-26-17-13(10-16-18(30)27-21(31)25-16)11-22-29(17)20(28-19)23-14-8-9-14/h3-7,10-11,14-15H,2,8-9H2,1H3,(H2,23,24,26,28)(H2,25,27,30,31)/b16-10-/t15-/m1/s1. The fourth-order valence-electron chi connectivity index (χ4n) is 3.46. The molecule has 31 heavy (non-hydrogen) atoms. The van der Waals surface area contributed by atoms with Crippen molar-refractivity contribution in [3.8, 4) is 0 Å². The number of hydrogen-bond donors (Lipinski definition) is 4. The Labute approximate surface area is 178 Å². The van der Waals surface area contributed by atoms with E-state index in [2.05, 4.69) is 55.4 Å². The van der Waals surface area contributed by atoms with Gasteiger partial charge in [0.2, 0.25) is 11.9 Å². The van der Waals surface area contributed by atoms with Crippen LogP contribution >= 0.6 is 0 Å². The molecule has 3 aromatic rings. The van der Waals surface area contributed by atoms with Crippen LogP contribution in [0.3, 0.4) is 0 Å². The van der Waals surface area contributed by atoms with Crippen molar-refractivity contribution in [2.75, 3.05) is 10.6 Å². The van der Waals surface area contributed by atoms with E-state index in [0.717, 1.165) is 24.8 Å². The second-order valence-electron chi connectivity index (χ2n) is 7.61. The Morgan fingerprint density at radius 2 is 2.00 bits per heavy atom. The normalized spacial score (nSPS) is 18.2. The lowest BCUT2D eigenvalue weighted by Gasteiger charge is -2.18. The lowest BCUT2D eigenvalue weighted by Crippen LogP contribution is -2.22. The summed E-state index contributed by atoms with van der Waals surface area (Å²) in [4.78, 5) is 32.7. The molecule has 2 aliphatic rings. The monoisotopic (exact) mass is 418 g/mol. The summed E-state index contributed by atoms with van der Waals surface area (Å²) in [5.41, 5.74) is 2.43. The molecule has 2 aromatic heterocycles. The SMILES string of the molecule is CC[C@@H](Nc1nc(NC2CC2)n2ncc(/C=C3\NC(=O)NC3=O)c2n1)c1ccccc1. The van der Waals surface area contributed by atoms with Gasteiger partial charge in [-0.1, -0.05) is 37.3 Å². The number of rotatable bonds is 7. The Balaban J connectivity index is 1.54. The highest BCUT2D eigenvalue weighted by molar-refractivity contribution is 6.14. The predicted octanol–water partition coefficient (Wildman–Crippen LogP) is 2.44. The van der Waals surface area contributed by atoms with Crippen molar-refractivity contribution in [2.45, 2.75) is 38.3 Å². The molecule has 3 heterocycles. The first kappa shape index (κ1) is 19.0. The van der Waals surface area contributed by atoms with Crippen LogP contribution in [0.4, 0.5) is 16.7 Å². The first-order valence-electron chi connectivity index (χ1n) is 10.3. The van der Waals surface area contributed by atoms with Crippen LogP contribution in [0, 0.1) is 0 Å². The Hall–Kier alpha value is -3.95. The quantitative estimate of drug-likeness (QED) is 0.343. The summed E-state index contributed by atoms with van der Waals surface area (Å²) in [6, 6.07) is 10.0. The highest BCUT2D eigenvalue weighted by atomic mass is 16.2. The van der Waals surface area contributed by atoms with Crippen LogP contribution in [0.25, 0.3) is 11.7 Å². The van der Waals surface area contributed by atoms with E-state index < -0.39 is 11.9 Å². The average molecular weight is 418 g/mol. The second-order valence-corrected chi connectivity index (χ2v) is 7.61. The number of nitrogens with zero attached hydrogens (tertiary/aromatic N) is 4. The third-order valence-corrected chi connectivity index (χ3v) is 5.24. The van der Waals surface area contributed by atoms with Crippen LogP contribution in [-0.4, -0.2) is 37.6 Å². The minimum Gasteiger partial charge on any atom is -0.351 e. The molecule has 0 spiro atoms. The number of imide groups is 1. The number of benzene rings is 1. The topological polar surface area (TPSA) is 125 Å². The van der Waals surface area contributed by atoms with E-state index in [1.807, 2.05) is 18.2 Å². The molecule has 3 amide bonds. The van der Waals surface area contributed by atoms with Gasteiger partial charge in [0.1, 0.15) is 5.70 Å². The molecule has 1 atom stereocenters. The van der Waals surface area contributed by atoms with Gasteiger partial charge in [-0.05, 0) is 30.9 Å². The Kier molecular flexibility index (Phi) is 4.73. The zero-order chi connectivity index (χ0) is 21.4. The fraction of sp³-hybridized carbons (Fsp3) is 0.286. The molecule has 1 saturated heterocycles. The molecule has 1 aliphatic carbocycles. The molecule has 1 aliphatic heterocycles. The van der Waals surface area contributed by atoms with Gasteiger partial charge in [0.15, 0.2) is 5.65 Å². The van der Waals surface area contributed by atoms with Crippen LogP contribution in [-0.2, 0) is 4.79 Å². The van der Waals surface area contributed by atoms with Crippen LogP contribution in [0.1, 0.15) is 43.4 Å². The fourth-order valence-corrected chi connectivity index (χ4v) is 3.46. The molecule has 10 nitrogen and oxygen atoms in total. The van der Waals surface area contributed by atoms with Crippen molar-refractivity contribution >= 4 is 35.6 Å². The van der Waals surface area contributed by atoms with Gasteiger partial charge in [-0.2, -0.15) is 19.6 Å². The minimum absolute atomic E-state index is 0.0436. The molecule has 1 saturated carbocycles. The molecule has 0 bridgehead atoms. The molecule has 2 fully saturated rings. The third kappa shape index (κ3) is 3.91. The largest absolute Gasteiger partial charge is 0.351 e. The maximum absolute atomic E-state index is 11.9. The zero-order valence-electron chi connectivity index (χ0n) is 16.9. The summed E-state index contributed by atoms with van der Waals surface area (Å²) in [5, 5.41) is 15.9. The first-order chi connectivity index (χ1) is 15.1. The van der Waals surface area contributed by atoms with E-state index in [9.17, 15) is 9.59 Å². The van der Waals surface area contributed by atoms with Crippen molar-refractivity contribution in [1.29, 1.82) is 0 Å². The number of nitrogens with one attached hydrogen (secondary N) is 4. The van der Waals surface area contributed by atoms with E-state index >= 15 is 0 Å². The minimum atomic E-state index is -0.547. The van der Waals surface area contributed by atoms with E-state index in [0.29, 0.717) is 29.1 Å². The first-order valence-corrected chi connectivity index (χ1v) is 10.3. The molecule has 10 heteroatoms. The summed E-state index contributed by atoms with van der Waals surface area (Å²) >= 11 is 0. The van der Waals surface area contributed by atoms with Crippen LogP contribution < -0.4 is 21.3 Å². The highest BCUT2D eigenvalue weighted by Gasteiger charge is 2.26. The van der Waals surface area contributed by atoms with E-state index in [4.69, 9.17) is 0 Å². The van der Waals surface area contributed by atoms with E-state index in [1.165, 1.54) is 0 Å². The van der Waals surface area contributed by atoms with Crippen molar-refractivity contribution in [2.24, 2.45) is 0 Å². The number of amides is 3. The summed E-state index contributed by atoms with van der Waals surface area (Å²) in [6.07, 6.45) is 6.19. The van der Waals surface area contributed by atoms with Gasteiger partial charge >= 0.3 is 6.03 Å². The number of anilines is 2. The van der Waals surface area contributed by atoms with Gasteiger partial charge < -0.3 is 16.0 Å². The average Bonchev–Trinajstić information content (AvgIpc) is 3.41. The second kappa shape index (κ2) is 7.71. The van der Waals surface area contributed by atoms with Crippen molar-refractivity contribution < 1.29 is 9.59 Å². The van der Waals surface area contributed by atoms with Gasteiger partial charge in [0.05, 0.1) is 12.2 Å². The lowest BCUT2D eigenvalue weighted by atomic mass is 10.1. The molecule has 0 unspecified atom stereocenters. The molecule has 1 aromatic carbocycles. The number of fused-ring (bicyclic) bond motifs is 1. The maximum Gasteiger partial charge on any atom is 0.326 e. The van der Waals surface area contributed by atoms with Crippen molar-refractivity contribution in [1.82, 2.24) is 30.2 Å². The molecule has 158 valence electrons. The summed E-state index contributed by atoms with van der Waals surface area (Å²) in [6.45, 7) is 2.10. The van der Waals surface area contributed by atoms with Crippen LogP contribution in [0.2, 0.25) is 0 Å². The molecule has 4 N–H and O–H groups in total. The number of urea groups is 1. The number of carbonyl (C=O) groups excluding carboxylic acids is 2. The Morgan fingerprint density at radius 3 is 2.68 bits per heavy atom. The number of carbonyl (C=O) groups is 2. The molecular formula is C21H22N8O2. The lowest BCUT2D eigenvalue weighted by molar-refractivity contribution is -0.115.